The fourth-order valence-corrected chi connectivity index (χ4v) is 5.44. The molecule has 12 nitrogen and oxygen atoms in total. The number of ether oxygens (including phenoxy) is 2. The lowest BCUT2D eigenvalue weighted by molar-refractivity contribution is -0.173. The van der Waals surface area contributed by atoms with E-state index in [1.54, 1.807) is 35.6 Å². The Labute approximate surface area is 241 Å². The molecular formula is C26H37F3N3O9P. The van der Waals surface area contributed by atoms with Crippen molar-refractivity contribution < 1.29 is 55.8 Å². The Morgan fingerprint density at radius 1 is 1.12 bits per heavy atom. The molecule has 0 aromatic heterocycles. The van der Waals surface area contributed by atoms with Crippen LogP contribution in [0.4, 0.5) is 18.0 Å². The lowest BCUT2D eigenvalue weighted by atomic mass is 10.1. The highest BCUT2D eigenvalue weighted by Gasteiger charge is 2.40. The topological polar surface area (TPSA) is 169 Å². The molecule has 1 aromatic rings. The molecule has 0 bridgehead atoms. The highest BCUT2D eigenvalue weighted by molar-refractivity contribution is 7.53. The summed E-state index contributed by atoms with van der Waals surface area (Å²) in [5, 5.41) is 6.85. The predicted molar refractivity (Wildman–Crippen MR) is 143 cm³/mol. The minimum atomic E-state index is -5.06. The van der Waals surface area contributed by atoms with Gasteiger partial charge < -0.3 is 30.3 Å². The summed E-state index contributed by atoms with van der Waals surface area (Å²) in [7, 11) is -4.81. The van der Waals surface area contributed by atoms with Crippen LogP contribution in [0.1, 0.15) is 63.9 Å². The van der Waals surface area contributed by atoms with Gasteiger partial charge in [-0.2, -0.15) is 13.2 Å². The Morgan fingerprint density at radius 2 is 1.83 bits per heavy atom. The number of rotatable bonds is 16. The van der Waals surface area contributed by atoms with Crippen LogP contribution in [0.5, 0.6) is 0 Å². The Bertz CT molecular complexity index is 1090. The van der Waals surface area contributed by atoms with Crippen LogP contribution in [-0.2, 0) is 39.6 Å². The molecule has 0 aliphatic carbocycles. The molecule has 1 saturated heterocycles. The molecule has 1 aromatic carbocycles. The van der Waals surface area contributed by atoms with Crippen molar-refractivity contribution in [2.45, 2.75) is 89.0 Å². The number of carbonyl (C=O) groups is 4. The SMILES string of the molecule is CCCCC(NC(=O)OCc1ccccc1)P(=O)(O)OC(CCCCNC(=O)C(F)(F)F)C(=O)OC(=O)[C@@H]1CCCN1. The van der Waals surface area contributed by atoms with E-state index in [-0.39, 0.29) is 32.3 Å². The van der Waals surface area contributed by atoms with Crippen molar-refractivity contribution in [1.29, 1.82) is 0 Å². The number of hydrogen-bond acceptors (Lipinski definition) is 9. The van der Waals surface area contributed by atoms with E-state index in [2.05, 4.69) is 10.6 Å². The van der Waals surface area contributed by atoms with Crippen LogP contribution in [0.15, 0.2) is 30.3 Å². The van der Waals surface area contributed by atoms with E-state index in [0.717, 1.165) is 0 Å². The zero-order valence-corrected chi connectivity index (χ0v) is 24.1. The highest BCUT2D eigenvalue weighted by atomic mass is 31.2. The second-order valence-electron chi connectivity index (χ2n) is 9.66. The van der Waals surface area contributed by atoms with E-state index < -0.39 is 62.2 Å². The van der Waals surface area contributed by atoms with Crippen LogP contribution >= 0.6 is 7.60 Å². The van der Waals surface area contributed by atoms with Gasteiger partial charge in [-0.05, 0) is 50.6 Å². The molecular weight excluding hydrogens is 586 g/mol. The molecule has 1 heterocycles. The molecule has 4 atom stereocenters. The summed E-state index contributed by atoms with van der Waals surface area (Å²) in [6.07, 6.45) is -6.17. The van der Waals surface area contributed by atoms with Gasteiger partial charge in [0.05, 0.1) is 0 Å². The average Bonchev–Trinajstić information content (AvgIpc) is 3.48. The first-order valence-electron chi connectivity index (χ1n) is 13.7. The zero-order chi connectivity index (χ0) is 31.2. The first-order chi connectivity index (χ1) is 19.8. The molecule has 0 spiro atoms. The van der Waals surface area contributed by atoms with Gasteiger partial charge in [0.15, 0.2) is 6.10 Å². The molecule has 1 fully saturated rings. The van der Waals surface area contributed by atoms with Crippen LogP contribution < -0.4 is 16.0 Å². The van der Waals surface area contributed by atoms with Gasteiger partial charge in [-0.15, -0.1) is 0 Å². The number of alkyl halides is 3. The van der Waals surface area contributed by atoms with Crippen LogP contribution in [0.2, 0.25) is 0 Å². The Morgan fingerprint density at radius 3 is 2.45 bits per heavy atom. The van der Waals surface area contributed by atoms with Crippen LogP contribution in [-0.4, -0.2) is 66.0 Å². The van der Waals surface area contributed by atoms with Gasteiger partial charge in [0.25, 0.3) is 0 Å². The van der Waals surface area contributed by atoms with Crippen LogP contribution in [0, 0.1) is 0 Å². The normalized spacial score (nSPS) is 17.9. The van der Waals surface area contributed by atoms with Crippen molar-refractivity contribution in [3.05, 3.63) is 35.9 Å². The maximum absolute atomic E-state index is 13.4. The van der Waals surface area contributed by atoms with Crippen molar-refractivity contribution in [2.75, 3.05) is 13.1 Å². The summed E-state index contributed by atoms with van der Waals surface area (Å²) in [5.41, 5.74) is 0.678. The lowest BCUT2D eigenvalue weighted by Gasteiger charge is -2.26. The molecule has 2 amide bonds. The number of halogens is 3. The van der Waals surface area contributed by atoms with Gasteiger partial charge >= 0.3 is 37.7 Å². The summed E-state index contributed by atoms with van der Waals surface area (Å²) in [6, 6.07) is 7.96. The summed E-state index contributed by atoms with van der Waals surface area (Å²) in [5.74, 6) is -5.77. The maximum atomic E-state index is 13.4. The summed E-state index contributed by atoms with van der Waals surface area (Å²) in [4.78, 5) is 59.5. The largest absolute Gasteiger partial charge is 0.471 e. The predicted octanol–water partition coefficient (Wildman–Crippen LogP) is 3.67. The number of esters is 2. The van der Waals surface area contributed by atoms with Gasteiger partial charge in [0.1, 0.15) is 18.4 Å². The number of amides is 2. The summed E-state index contributed by atoms with van der Waals surface area (Å²) >= 11 is 0. The minimum Gasteiger partial charge on any atom is -0.445 e. The van der Waals surface area contributed by atoms with Gasteiger partial charge in [0.2, 0.25) is 0 Å². The third-order valence-electron chi connectivity index (χ3n) is 6.25. The number of carbonyl (C=O) groups excluding carboxylic acids is 4. The second kappa shape index (κ2) is 17.2. The standard InChI is InChI=1S/C26H37F3N3O9P/c1-2-3-14-21(32-25(36)39-17-18-10-5-4-6-11-18)42(37,38)41-20(13-7-8-15-31-24(35)26(27,28)29)23(34)40-22(33)19-12-9-16-30-19/h4-6,10-11,19-21,30H,2-3,7-9,12-17H2,1H3,(H,31,35)(H,32,36)(H,37,38)/t19-,20?,21?/m0/s1. The third kappa shape index (κ3) is 12.5. The van der Waals surface area contributed by atoms with E-state index in [9.17, 15) is 41.8 Å². The van der Waals surface area contributed by atoms with Crippen molar-refractivity contribution in [3.63, 3.8) is 0 Å². The highest BCUT2D eigenvalue weighted by Crippen LogP contribution is 2.50. The molecule has 4 N–H and O–H groups in total. The van der Waals surface area contributed by atoms with Crippen molar-refractivity contribution in [3.8, 4) is 0 Å². The van der Waals surface area contributed by atoms with Crippen molar-refractivity contribution >= 4 is 31.5 Å². The quantitative estimate of drug-likeness (QED) is 0.0923. The van der Waals surface area contributed by atoms with Crippen LogP contribution in [0.3, 0.4) is 0 Å². The maximum Gasteiger partial charge on any atom is 0.471 e. The van der Waals surface area contributed by atoms with Gasteiger partial charge in [-0.1, -0.05) is 50.1 Å². The molecule has 2 rings (SSSR count). The first kappa shape index (κ1) is 35.2. The van der Waals surface area contributed by atoms with Gasteiger partial charge in [-0.25, -0.2) is 14.4 Å². The number of alkyl carbamates (subject to hydrolysis) is 1. The number of hydrogen-bond donors (Lipinski definition) is 4. The van der Waals surface area contributed by atoms with Crippen LogP contribution in [0.25, 0.3) is 0 Å². The molecule has 16 heteroatoms. The van der Waals surface area contributed by atoms with E-state index in [1.165, 1.54) is 0 Å². The van der Waals surface area contributed by atoms with Crippen molar-refractivity contribution in [1.82, 2.24) is 16.0 Å². The lowest BCUT2D eigenvalue weighted by Crippen LogP contribution is -2.39. The van der Waals surface area contributed by atoms with Crippen molar-refractivity contribution in [2.24, 2.45) is 0 Å². The molecule has 0 radical (unpaired) electrons. The van der Waals surface area contributed by atoms with E-state index in [4.69, 9.17) is 14.0 Å². The molecule has 1 aliphatic heterocycles. The van der Waals surface area contributed by atoms with E-state index in [0.29, 0.717) is 37.8 Å². The fraction of sp³-hybridized carbons (Fsp3) is 0.615. The molecule has 3 unspecified atom stereocenters. The number of nitrogens with one attached hydrogen (secondary N) is 3. The first-order valence-corrected chi connectivity index (χ1v) is 15.3. The molecule has 42 heavy (non-hydrogen) atoms. The van der Waals surface area contributed by atoms with E-state index >= 15 is 0 Å². The summed E-state index contributed by atoms with van der Waals surface area (Å²) in [6.45, 7) is 1.85. The van der Waals surface area contributed by atoms with Gasteiger partial charge in [-0.3, -0.25) is 13.9 Å². The summed E-state index contributed by atoms with van der Waals surface area (Å²) < 4.78 is 65.8. The van der Waals surface area contributed by atoms with Gasteiger partial charge in [0, 0.05) is 6.54 Å². The number of unbranched alkanes of at least 4 members (excludes halogenated alkanes) is 2. The Hall–Kier alpha value is -3.00. The Balaban J connectivity index is 2.08. The fourth-order valence-electron chi connectivity index (χ4n) is 3.96. The molecule has 0 saturated carbocycles. The smallest absolute Gasteiger partial charge is 0.445 e. The molecule has 236 valence electrons. The number of benzene rings is 1. The third-order valence-corrected chi connectivity index (χ3v) is 7.98. The minimum absolute atomic E-state index is 0.0130. The average molecular weight is 624 g/mol. The monoisotopic (exact) mass is 623 g/mol. The second-order valence-corrected chi connectivity index (χ2v) is 11.6. The van der Waals surface area contributed by atoms with E-state index in [1.807, 2.05) is 6.92 Å². The molecule has 1 aliphatic rings. The Kier molecular flexibility index (Phi) is 14.4. The zero-order valence-electron chi connectivity index (χ0n) is 23.2.